The molecule has 0 bridgehead atoms. The lowest BCUT2D eigenvalue weighted by atomic mass is 9.99. The van der Waals surface area contributed by atoms with Crippen LogP contribution < -0.4 is 15.4 Å². The molecule has 0 aromatic heterocycles. The number of likely N-dealkylation sites (tertiary alicyclic amines) is 1. The van der Waals surface area contributed by atoms with Crippen molar-refractivity contribution in [1.82, 2.24) is 15.5 Å². The summed E-state index contributed by atoms with van der Waals surface area (Å²) >= 11 is 0. The predicted octanol–water partition coefficient (Wildman–Crippen LogP) is 3.41. The number of aromatic hydroxyl groups is 1. The van der Waals surface area contributed by atoms with Crippen molar-refractivity contribution < 1.29 is 33.3 Å². The summed E-state index contributed by atoms with van der Waals surface area (Å²) < 4.78 is 33.0. The molecular formula is C30H33F2N3O5. The maximum Gasteiger partial charge on any atom is 0.257 e. The molecule has 1 fully saturated rings. The molecule has 3 aromatic carbocycles. The summed E-state index contributed by atoms with van der Waals surface area (Å²) in [4.78, 5) is 27.7. The van der Waals surface area contributed by atoms with E-state index in [1.807, 2.05) is 24.3 Å². The lowest BCUT2D eigenvalue weighted by molar-refractivity contribution is 0.0789. The number of amides is 2. The Labute approximate surface area is 231 Å². The Kier molecular flexibility index (Phi) is 9.68. The van der Waals surface area contributed by atoms with Gasteiger partial charge in [0, 0.05) is 37.8 Å². The van der Waals surface area contributed by atoms with Gasteiger partial charge in [0.2, 0.25) is 0 Å². The second-order valence-corrected chi connectivity index (χ2v) is 9.84. The van der Waals surface area contributed by atoms with Crippen LogP contribution in [0.2, 0.25) is 0 Å². The first-order valence-corrected chi connectivity index (χ1v) is 13.1. The number of benzene rings is 3. The van der Waals surface area contributed by atoms with Gasteiger partial charge in [-0.15, -0.1) is 0 Å². The zero-order valence-corrected chi connectivity index (χ0v) is 22.2. The van der Waals surface area contributed by atoms with Gasteiger partial charge in [0.05, 0.1) is 24.8 Å². The number of halogens is 2. The highest BCUT2D eigenvalue weighted by molar-refractivity contribution is 6.01. The Balaban J connectivity index is 1.49. The number of ether oxygens (including phenoxy) is 1. The molecule has 1 aliphatic heterocycles. The van der Waals surface area contributed by atoms with Gasteiger partial charge < -0.3 is 30.5 Å². The standard InChI is InChI=1S/C30H33F2N3O5/c1-40-24-6-4-5-19(13-24)17-33-18-28(37)26(14-20-11-22(31)16-23(32)12-20)34-29(38)21-7-8-27(36)25(15-21)30(39)35-9-2-3-10-35/h4-8,11-13,15-16,26,28,33,36-37H,2-3,9-10,14,17-18H2,1H3,(H,34,38)/t26-,28-/m0/s1. The van der Waals surface area contributed by atoms with Crippen molar-refractivity contribution in [2.75, 3.05) is 26.7 Å². The Morgan fingerprint density at radius 1 is 1.00 bits per heavy atom. The van der Waals surface area contributed by atoms with Gasteiger partial charge in [0.25, 0.3) is 11.8 Å². The summed E-state index contributed by atoms with van der Waals surface area (Å²) in [7, 11) is 1.57. The molecule has 0 unspecified atom stereocenters. The Morgan fingerprint density at radius 3 is 2.42 bits per heavy atom. The number of aliphatic hydroxyl groups excluding tert-OH is 1. The van der Waals surface area contributed by atoms with E-state index in [1.54, 1.807) is 12.0 Å². The van der Waals surface area contributed by atoms with E-state index in [0.717, 1.165) is 36.6 Å². The smallest absolute Gasteiger partial charge is 0.257 e. The van der Waals surface area contributed by atoms with Crippen LogP contribution in [0.5, 0.6) is 11.5 Å². The van der Waals surface area contributed by atoms with Crippen LogP contribution in [0.1, 0.15) is 44.7 Å². The quantitative estimate of drug-likeness (QED) is 0.290. The van der Waals surface area contributed by atoms with E-state index < -0.39 is 29.7 Å². The van der Waals surface area contributed by atoms with Crippen molar-refractivity contribution in [3.8, 4) is 11.5 Å². The maximum absolute atomic E-state index is 13.9. The zero-order chi connectivity index (χ0) is 28.6. The van der Waals surface area contributed by atoms with Crippen LogP contribution in [0.4, 0.5) is 8.78 Å². The molecule has 10 heteroatoms. The SMILES string of the molecule is COc1cccc(CNC[C@H](O)[C@H](Cc2cc(F)cc(F)c2)NC(=O)c2ccc(O)c(C(=O)N3CCCC3)c2)c1. The van der Waals surface area contributed by atoms with Crippen LogP contribution in [-0.2, 0) is 13.0 Å². The molecule has 1 aliphatic rings. The Morgan fingerprint density at radius 2 is 1.73 bits per heavy atom. The number of carbonyl (C=O) groups is 2. The highest BCUT2D eigenvalue weighted by atomic mass is 19.1. The van der Waals surface area contributed by atoms with Gasteiger partial charge in [-0.2, -0.15) is 0 Å². The number of hydrogen-bond acceptors (Lipinski definition) is 6. The van der Waals surface area contributed by atoms with E-state index in [1.165, 1.54) is 18.2 Å². The third-order valence-electron chi connectivity index (χ3n) is 6.86. The summed E-state index contributed by atoms with van der Waals surface area (Å²) in [5.41, 5.74) is 1.29. The fourth-order valence-corrected chi connectivity index (χ4v) is 4.75. The number of nitrogens with zero attached hydrogens (tertiary/aromatic N) is 1. The van der Waals surface area contributed by atoms with E-state index in [4.69, 9.17) is 4.74 Å². The monoisotopic (exact) mass is 553 g/mol. The fraction of sp³-hybridized carbons (Fsp3) is 0.333. The number of hydrogen-bond donors (Lipinski definition) is 4. The van der Waals surface area contributed by atoms with Crippen molar-refractivity contribution in [3.05, 3.63) is 94.6 Å². The van der Waals surface area contributed by atoms with E-state index in [2.05, 4.69) is 10.6 Å². The van der Waals surface area contributed by atoms with Crippen molar-refractivity contribution in [1.29, 1.82) is 0 Å². The molecule has 212 valence electrons. The summed E-state index contributed by atoms with van der Waals surface area (Å²) in [5, 5.41) is 27.2. The topological polar surface area (TPSA) is 111 Å². The summed E-state index contributed by atoms with van der Waals surface area (Å²) in [5.74, 6) is -2.05. The van der Waals surface area contributed by atoms with Gasteiger partial charge in [-0.1, -0.05) is 12.1 Å². The number of aliphatic hydroxyl groups is 1. The van der Waals surface area contributed by atoms with E-state index in [-0.39, 0.29) is 41.3 Å². The van der Waals surface area contributed by atoms with E-state index >= 15 is 0 Å². The molecule has 2 atom stereocenters. The zero-order valence-electron chi connectivity index (χ0n) is 22.2. The number of rotatable bonds is 11. The van der Waals surface area contributed by atoms with Gasteiger partial charge in [-0.25, -0.2) is 8.78 Å². The third-order valence-corrected chi connectivity index (χ3v) is 6.86. The Bertz CT molecular complexity index is 1330. The van der Waals surface area contributed by atoms with Crippen molar-refractivity contribution in [3.63, 3.8) is 0 Å². The maximum atomic E-state index is 13.9. The number of methoxy groups -OCH3 is 1. The largest absolute Gasteiger partial charge is 0.507 e. The van der Waals surface area contributed by atoms with Crippen LogP contribution in [0.25, 0.3) is 0 Å². The highest BCUT2D eigenvalue weighted by Gasteiger charge is 2.26. The minimum Gasteiger partial charge on any atom is -0.507 e. The van der Waals surface area contributed by atoms with Crippen LogP contribution in [0.3, 0.4) is 0 Å². The molecule has 4 N–H and O–H groups in total. The predicted molar refractivity (Wildman–Crippen MR) is 145 cm³/mol. The highest BCUT2D eigenvalue weighted by Crippen LogP contribution is 2.23. The summed E-state index contributed by atoms with van der Waals surface area (Å²) in [6, 6.07) is 13.5. The minimum absolute atomic E-state index is 0.0128. The lowest BCUT2D eigenvalue weighted by Gasteiger charge is -2.25. The molecule has 0 spiro atoms. The first-order valence-electron chi connectivity index (χ1n) is 13.1. The van der Waals surface area contributed by atoms with Crippen LogP contribution in [-0.4, -0.2) is 65.8 Å². The van der Waals surface area contributed by atoms with Gasteiger partial charge in [0.15, 0.2) is 0 Å². The first-order chi connectivity index (χ1) is 19.2. The van der Waals surface area contributed by atoms with Crippen molar-refractivity contribution in [2.45, 2.75) is 38.0 Å². The van der Waals surface area contributed by atoms with Crippen LogP contribution in [0, 0.1) is 11.6 Å². The lowest BCUT2D eigenvalue weighted by Crippen LogP contribution is -2.48. The first kappa shape index (κ1) is 29.0. The minimum atomic E-state index is -1.14. The van der Waals surface area contributed by atoms with Gasteiger partial charge in [-0.3, -0.25) is 9.59 Å². The molecule has 0 saturated carbocycles. The summed E-state index contributed by atoms with van der Waals surface area (Å²) in [6.45, 7) is 1.63. The molecular weight excluding hydrogens is 520 g/mol. The number of carbonyl (C=O) groups excluding carboxylic acids is 2. The summed E-state index contributed by atoms with van der Waals surface area (Å²) in [6.07, 6.45) is 0.557. The molecule has 4 rings (SSSR count). The number of phenols is 1. The van der Waals surface area contributed by atoms with Gasteiger partial charge >= 0.3 is 0 Å². The second-order valence-electron chi connectivity index (χ2n) is 9.84. The van der Waals surface area contributed by atoms with Crippen molar-refractivity contribution in [2.24, 2.45) is 0 Å². The van der Waals surface area contributed by atoms with Gasteiger partial charge in [-0.05, 0) is 72.9 Å². The second kappa shape index (κ2) is 13.4. The average molecular weight is 554 g/mol. The van der Waals surface area contributed by atoms with E-state index in [9.17, 15) is 28.6 Å². The van der Waals surface area contributed by atoms with Crippen molar-refractivity contribution >= 4 is 11.8 Å². The van der Waals surface area contributed by atoms with Crippen LogP contribution in [0.15, 0.2) is 60.7 Å². The molecule has 2 amide bonds. The van der Waals surface area contributed by atoms with Crippen LogP contribution >= 0.6 is 0 Å². The molecule has 1 heterocycles. The van der Waals surface area contributed by atoms with Gasteiger partial charge in [0.1, 0.15) is 23.1 Å². The normalized spacial score (nSPS) is 14.6. The molecule has 3 aromatic rings. The molecule has 40 heavy (non-hydrogen) atoms. The Hall–Kier alpha value is -4.02. The van der Waals surface area contributed by atoms with E-state index in [0.29, 0.717) is 25.4 Å². The average Bonchev–Trinajstić information content (AvgIpc) is 3.47. The molecule has 0 radical (unpaired) electrons. The number of phenolic OH excluding ortho intramolecular Hbond substituents is 1. The third kappa shape index (κ3) is 7.55. The molecule has 0 aliphatic carbocycles. The number of nitrogens with one attached hydrogen (secondary N) is 2. The fourth-order valence-electron chi connectivity index (χ4n) is 4.75. The molecule has 1 saturated heterocycles. The molecule has 8 nitrogen and oxygen atoms in total.